The molecular formula is C26H25N3O6. The Balaban J connectivity index is 1.44. The number of hydrogen-bond acceptors (Lipinski definition) is 6. The maximum absolute atomic E-state index is 13.8. The molecule has 3 aromatic rings. The number of benzene rings is 2. The third kappa shape index (κ3) is 3.50. The number of carbonyl (C=O) groups is 3. The first kappa shape index (κ1) is 21.5. The first-order chi connectivity index (χ1) is 17.0. The maximum Gasteiger partial charge on any atom is 0.305 e. The maximum atomic E-state index is 13.8. The van der Waals surface area contributed by atoms with E-state index in [-0.39, 0.29) is 44.0 Å². The van der Waals surface area contributed by atoms with Crippen molar-refractivity contribution in [1.82, 2.24) is 15.2 Å². The Bertz CT molecular complexity index is 1350. The average molecular weight is 476 g/mol. The van der Waals surface area contributed by atoms with Crippen molar-refractivity contribution in [2.75, 3.05) is 13.4 Å². The van der Waals surface area contributed by atoms with Gasteiger partial charge in [-0.1, -0.05) is 24.3 Å². The summed E-state index contributed by atoms with van der Waals surface area (Å²) in [5.41, 5.74) is 3.68. The van der Waals surface area contributed by atoms with E-state index in [4.69, 9.17) is 14.2 Å². The van der Waals surface area contributed by atoms with Crippen molar-refractivity contribution in [2.24, 2.45) is 0 Å². The zero-order valence-corrected chi connectivity index (χ0v) is 19.2. The highest BCUT2D eigenvalue weighted by Gasteiger charge is 2.49. The molecule has 9 heteroatoms. The molecule has 0 aliphatic carbocycles. The molecule has 2 N–H and O–H groups in total. The number of rotatable bonds is 5. The predicted octanol–water partition coefficient (Wildman–Crippen LogP) is 2.58. The van der Waals surface area contributed by atoms with Crippen LogP contribution in [0.3, 0.4) is 0 Å². The van der Waals surface area contributed by atoms with E-state index in [2.05, 4.69) is 10.3 Å². The lowest BCUT2D eigenvalue weighted by Crippen LogP contribution is -2.66. The van der Waals surface area contributed by atoms with Gasteiger partial charge in [0.2, 0.25) is 18.6 Å². The van der Waals surface area contributed by atoms with Gasteiger partial charge in [-0.15, -0.1) is 0 Å². The standard InChI is InChI=1S/C26H25N3O6/c1-2-33-22(30)10-8-18-26(32)29-19(25(31)28-18)12-16-15-5-3-4-6-17(15)27-23(16)24(29)14-7-9-20-21(11-14)35-13-34-20/h3-7,9,11,18-19,24,27H,2,8,10,12-13H2,1H3,(H,28,31)/t18-,19+,24+/m0/s1. The molecule has 3 aliphatic rings. The van der Waals surface area contributed by atoms with Crippen molar-refractivity contribution in [3.8, 4) is 11.5 Å². The minimum Gasteiger partial charge on any atom is -0.466 e. The number of hydrogen-bond donors (Lipinski definition) is 2. The SMILES string of the molecule is CCOC(=O)CC[C@@H]1NC(=O)[C@H]2Cc3c([nH]c4ccccc34)[C@@H](c3ccc4c(c3)OCO4)N2C1=O. The molecule has 35 heavy (non-hydrogen) atoms. The number of aromatic nitrogens is 1. The lowest BCUT2D eigenvalue weighted by atomic mass is 9.85. The summed E-state index contributed by atoms with van der Waals surface area (Å²) in [7, 11) is 0. The summed E-state index contributed by atoms with van der Waals surface area (Å²) >= 11 is 0. The molecule has 2 amide bonds. The average Bonchev–Trinajstić information content (AvgIpc) is 3.48. The second kappa shape index (κ2) is 8.33. The molecule has 3 aliphatic heterocycles. The molecule has 3 atom stereocenters. The summed E-state index contributed by atoms with van der Waals surface area (Å²) in [5.74, 6) is 0.426. The summed E-state index contributed by atoms with van der Waals surface area (Å²) in [4.78, 5) is 44.2. The van der Waals surface area contributed by atoms with Crippen LogP contribution in [-0.2, 0) is 25.5 Å². The normalized spacial score (nSPS) is 22.5. The Morgan fingerprint density at radius 3 is 2.83 bits per heavy atom. The highest BCUT2D eigenvalue weighted by atomic mass is 16.7. The van der Waals surface area contributed by atoms with Crippen LogP contribution in [0.15, 0.2) is 42.5 Å². The van der Waals surface area contributed by atoms with Crippen LogP contribution in [0.5, 0.6) is 11.5 Å². The van der Waals surface area contributed by atoms with Gasteiger partial charge in [0.1, 0.15) is 12.1 Å². The second-order valence-corrected chi connectivity index (χ2v) is 8.95. The van der Waals surface area contributed by atoms with Crippen LogP contribution < -0.4 is 14.8 Å². The molecule has 1 fully saturated rings. The number of ether oxygens (including phenoxy) is 3. The van der Waals surface area contributed by atoms with Gasteiger partial charge in [0, 0.05) is 29.4 Å². The third-order valence-electron chi connectivity index (χ3n) is 6.96. The molecule has 9 nitrogen and oxygen atoms in total. The van der Waals surface area contributed by atoms with E-state index >= 15 is 0 Å². The van der Waals surface area contributed by atoms with Crippen LogP contribution >= 0.6 is 0 Å². The second-order valence-electron chi connectivity index (χ2n) is 8.95. The molecule has 2 aromatic carbocycles. The summed E-state index contributed by atoms with van der Waals surface area (Å²) in [6.07, 6.45) is 0.637. The van der Waals surface area contributed by atoms with Gasteiger partial charge in [-0.25, -0.2) is 0 Å². The lowest BCUT2D eigenvalue weighted by Gasteiger charge is -2.46. The summed E-state index contributed by atoms with van der Waals surface area (Å²) in [6, 6.07) is 11.6. The minimum atomic E-state index is -0.800. The van der Waals surface area contributed by atoms with Crippen molar-refractivity contribution in [3.63, 3.8) is 0 Å². The van der Waals surface area contributed by atoms with E-state index in [1.807, 2.05) is 42.5 Å². The van der Waals surface area contributed by atoms with E-state index in [1.165, 1.54) is 0 Å². The minimum absolute atomic E-state index is 0.0510. The highest BCUT2D eigenvalue weighted by molar-refractivity contribution is 5.99. The zero-order valence-electron chi connectivity index (χ0n) is 19.2. The number of H-pyrrole nitrogens is 1. The van der Waals surface area contributed by atoms with Crippen LogP contribution in [0, 0.1) is 0 Å². The van der Waals surface area contributed by atoms with Crippen molar-refractivity contribution < 1.29 is 28.6 Å². The molecular weight excluding hydrogens is 450 g/mol. The van der Waals surface area contributed by atoms with Crippen LogP contribution in [0.25, 0.3) is 10.9 Å². The van der Waals surface area contributed by atoms with Gasteiger partial charge >= 0.3 is 5.97 Å². The Labute approximate surface area is 201 Å². The monoisotopic (exact) mass is 475 g/mol. The lowest BCUT2D eigenvalue weighted by molar-refractivity contribution is -0.153. The number of carbonyl (C=O) groups excluding carboxylic acids is 3. The number of piperazine rings is 1. The van der Waals surface area contributed by atoms with Crippen molar-refractivity contribution >= 4 is 28.7 Å². The topological polar surface area (TPSA) is 110 Å². The van der Waals surface area contributed by atoms with Crippen molar-refractivity contribution in [1.29, 1.82) is 0 Å². The zero-order chi connectivity index (χ0) is 24.1. The van der Waals surface area contributed by atoms with Gasteiger partial charge < -0.3 is 29.4 Å². The van der Waals surface area contributed by atoms with Gasteiger partial charge in [0.25, 0.3) is 0 Å². The van der Waals surface area contributed by atoms with Gasteiger partial charge in [-0.3, -0.25) is 14.4 Å². The number of aromatic amines is 1. The molecule has 0 spiro atoms. The van der Waals surface area contributed by atoms with Crippen LogP contribution in [0.4, 0.5) is 0 Å². The smallest absolute Gasteiger partial charge is 0.305 e. The van der Waals surface area contributed by atoms with Gasteiger partial charge in [-0.2, -0.15) is 0 Å². The van der Waals surface area contributed by atoms with Crippen LogP contribution in [0.2, 0.25) is 0 Å². The number of fused-ring (bicyclic) bond motifs is 5. The molecule has 0 unspecified atom stereocenters. The van der Waals surface area contributed by atoms with Crippen molar-refractivity contribution in [2.45, 2.75) is 44.3 Å². The van der Waals surface area contributed by atoms with Gasteiger partial charge in [0.05, 0.1) is 12.6 Å². The van der Waals surface area contributed by atoms with E-state index < -0.39 is 18.1 Å². The Morgan fingerprint density at radius 2 is 1.97 bits per heavy atom. The number of nitrogens with one attached hydrogen (secondary N) is 2. The van der Waals surface area contributed by atoms with E-state index in [0.29, 0.717) is 17.9 Å². The summed E-state index contributed by atoms with van der Waals surface area (Å²) in [5, 5.41) is 3.89. The fraction of sp³-hybridized carbons (Fsp3) is 0.346. The molecule has 1 aromatic heterocycles. The summed E-state index contributed by atoms with van der Waals surface area (Å²) < 4.78 is 16.1. The molecule has 180 valence electrons. The number of amides is 2. The van der Waals surface area contributed by atoms with Crippen LogP contribution in [0.1, 0.15) is 42.6 Å². The molecule has 1 saturated heterocycles. The quantitative estimate of drug-likeness (QED) is 0.549. The fourth-order valence-corrected chi connectivity index (χ4v) is 5.40. The molecule has 6 rings (SSSR count). The van der Waals surface area contributed by atoms with Crippen LogP contribution in [-0.4, -0.2) is 53.2 Å². The number of para-hydroxylation sites is 1. The van der Waals surface area contributed by atoms with E-state index in [9.17, 15) is 14.4 Å². The predicted molar refractivity (Wildman–Crippen MR) is 125 cm³/mol. The number of nitrogens with zero attached hydrogens (tertiary/aromatic N) is 1. The van der Waals surface area contributed by atoms with E-state index in [0.717, 1.165) is 27.7 Å². The van der Waals surface area contributed by atoms with E-state index in [1.54, 1.807) is 11.8 Å². The molecule has 0 bridgehead atoms. The highest BCUT2D eigenvalue weighted by Crippen LogP contribution is 2.44. The molecule has 0 radical (unpaired) electrons. The molecule has 4 heterocycles. The fourth-order valence-electron chi connectivity index (χ4n) is 5.40. The Morgan fingerprint density at radius 1 is 1.14 bits per heavy atom. The Hall–Kier alpha value is -4.01. The van der Waals surface area contributed by atoms with Gasteiger partial charge in [-0.05, 0) is 42.7 Å². The molecule has 0 saturated carbocycles. The Kier molecular flexibility index (Phi) is 5.12. The largest absolute Gasteiger partial charge is 0.466 e. The van der Waals surface area contributed by atoms with Gasteiger partial charge in [0.15, 0.2) is 11.5 Å². The number of esters is 1. The summed E-state index contributed by atoms with van der Waals surface area (Å²) in [6.45, 7) is 2.15. The first-order valence-corrected chi connectivity index (χ1v) is 11.8. The first-order valence-electron chi connectivity index (χ1n) is 11.8. The van der Waals surface area contributed by atoms with Crippen molar-refractivity contribution in [3.05, 3.63) is 59.3 Å². The third-order valence-corrected chi connectivity index (χ3v) is 6.96.